The fourth-order valence-electron chi connectivity index (χ4n) is 3.88. The molecule has 1 fully saturated rings. The number of piperidine rings is 1. The number of fused-ring (bicyclic) bond motifs is 1. The lowest BCUT2D eigenvalue weighted by atomic mass is 9.90. The fourth-order valence-corrected chi connectivity index (χ4v) is 3.88. The monoisotopic (exact) mass is 367 g/mol. The first-order valence-electron chi connectivity index (χ1n) is 9.63. The van der Waals surface area contributed by atoms with Crippen molar-refractivity contribution in [3.8, 4) is 12.1 Å². The minimum Gasteiger partial charge on any atom is -0.355 e. The lowest BCUT2D eigenvalue weighted by Gasteiger charge is -2.34. The van der Waals surface area contributed by atoms with E-state index in [9.17, 15) is 10.5 Å². The predicted molar refractivity (Wildman–Crippen MR) is 109 cm³/mol. The van der Waals surface area contributed by atoms with Crippen LogP contribution in [0.25, 0.3) is 11.0 Å². The summed E-state index contributed by atoms with van der Waals surface area (Å²) < 4.78 is 0. The van der Waals surface area contributed by atoms with Crippen molar-refractivity contribution in [1.29, 1.82) is 10.5 Å². The summed E-state index contributed by atoms with van der Waals surface area (Å²) in [5.41, 5.74) is 3.37. The van der Waals surface area contributed by atoms with Crippen LogP contribution in [-0.2, 0) is 6.42 Å². The van der Waals surface area contributed by atoms with Crippen LogP contribution >= 0.6 is 0 Å². The normalized spacial score (nSPS) is 14.8. The largest absolute Gasteiger partial charge is 0.355 e. The van der Waals surface area contributed by atoms with Gasteiger partial charge >= 0.3 is 0 Å². The van der Waals surface area contributed by atoms with E-state index in [2.05, 4.69) is 46.3 Å². The zero-order valence-corrected chi connectivity index (χ0v) is 15.6. The van der Waals surface area contributed by atoms with Gasteiger partial charge in [0.05, 0.1) is 23.2 Å². The molecule has 4 rings (SSSR count). The van der Waals surface area contributed by atoms with Gasteiger partial charge in [0, 0.05) is 13.1 Å². The number of hydrogen-bond donors (Lipinski definition) is 0. The number of rotatable bonds is 4. The van der Waals surface area contributed by atoms with E-state index in [0.717, 1.165) is 43.4 Å². The second-order valence-electron chi connectivity index (χ2n) is 7.23. The van der Waals surface area contributed by atoms with Gasteiger partial charge in [-0.25, -0.2) is 9.97 Å². The number of benzene rings is 2. The third kappa shape index (κ3) is 3.66. The van der Waals surface area contributed by atoms with Gasteiger partial charge in [-0.15, -0.1) is 0 Å². The Morgan fingerprint density at radius 2 is 1.50 bits per heavy atom. The van der Waals surface area contributed by atoms with Crippen molar-refractivity contribution in [1.82, 2.24) is 9.97 Å². The summed E-state index contributed by atoms with van der Waals surface area (Å²) in [6.07, 6.45) is 3.21. The van der Waals surface area contributed by atoms with Crippen LogP contribution in [0, 0.1) is 28.6 Å². The first-order chi connectivity index (χ1) is 13.8. The van der Waals surface area contributed by atoms with E-state index in [1.54, 1.807) is 0 Å². The SMILES string of the molecule is N#CC(C#N)c1nc2ccccc2nc1N1CCC(Cc2ccccc2)CC1. The van der Waals surface area contributed by atoms with Gasteiger partial charge in [0.15, 0.2) is 11.7 Å². The molecule has 28 heavy (non-hydrogen) atoms. The van der Waals surface area contributed by atoms with Crippen molar-refractivity contribution in [2.75, 3.05) is 18.0 Å². The van der Waals surface area contributed by atoms with Crippen LogP contribution in [0.15, 0.2) is 54.6 Å². The molecule has 1 aromatic heterocycles. The molecule has 2 aromatic carbocycles. The molecule has 0 atom stereocenters. The molecular weight excluding hydrogens is 346 g/mol. The zero-order valence-electron chi connectivity index (χ0n) is 15.6. The molecule has 0 unspecified atom stereocenters. The predicted octanol–water partition coefficient (Wildman–Crippen LogP) is 4.22. The summed E-state index contributed by atoms with van der Waals surface area (Å²) >= 11 is 0. The molecule has 1 aliphatic rings. The fraction of sp³-hybridized carbons (Fsp3) is 0.304. The van der Waals surface area contributed by atoms with Gasteiger partial charge in [0.1, 0.15) is 5.69 Å². The lowest BCUT2D eigenvalue weighted by molar-refractivity contribution is 0.401. The highest BCUT2D eigenvalue weighted by Gasteiger charge is 2.26. The number of nitriles is 2. The molecule has 0 spiro atoms. The lowest BCUT2D eigenvalue weighted by Crippen LogP contribution is -2.36. The first-order valence-corrected chi connectivity index (χ1v) is 9.63. The zero-order chi connectivity index (χ0) is 19.3. The Kier molecular flexibility index (Phi) is 5.17. The van der Waals surface area contributed by atoms with Crippen LogP contribution in [-0.4, -0.2) is 23.1 Å². The molecule has 1 aliphatic heterocycles. The second kappa shape index (κ2) is 8.06. The molecule has 0 radical (unpaired) electrons. The summed E-state index contributed by atoms with van der Waals surface area (Å²) in [5, 5.41) is 18.8. The van der Waals surface area contributed by atoms with Crippen molar-refractivity contribution in [3.05, 3.63) is 65.9 Å². The van der Waals surface area contributed by atoms with Gasteiger partial charge < -0.3 is 4.90 Å². The van der Waals surface area contributed by atoms with E-state index in [4.69, 9.17) is 4.98 Å². The van der Waals surface area contributed by atoms with Gasteiger partial charge in [-0.2, -0.15) is 10.5 Å². The highest BCUT2D eigenvalue weighted by Crippen LogP contribution is 2.30. The molecule has 5 heteroatoms. The Bertz CT molecular complexity index is 1030. The van der Waals surface area contributed by atoms with E-state index in [1.165, 1.54) is 5.56 Å². The van der Waals surface area contributed by atoms with Crippen LogP contribution < -0.4 is 4.90 Å². The van der Waals surface area contributed by atoms with Gasteiger partial charge in [-0.1, -0.05) is 42.5 Å². The minimum absolute atomic E-state index is 0.477. The maximum atomic E-state index is 9.42. The number of hydrogen-bond acceptors (Lipinski definition) is 5. The number of nitrogens with zero attached hydrogens (tertiary/aromatic N) is 5. The summed E-state index contributed by atoms with van der Waals surface area (Å²) in [6, 6.07) is 22.3. The standard InChI is InChI=1S/C23H21N5/c24-15-19(16-25)22-23(27-21-9-5-4-8-20(21)26-22)28-12-10-18(11-13-28)14-17-6-2-1-3-7-17/h1-9,18-19H,10-14H2. The van der Waals surface area contributed by atoms with Gasteiger partial charge in [0.25, 0.3) is 0 Å². The van der Waals surface area contributed by atoms with Crippen molar-refractivity contribution < 1.29 is 0 Å². The maximum Gasteiger partial charge on any atom is 0.178 e. The molecule has 0 bridgehead atoms. The van der Waals surface area contributed by atoms with Gasteiger partial charge in [-0.3, -0.25) is 0 Å². The molecule has 138 valence electrons. The smallest absolute Gasteiger partial charge is 0.178 e. The van der Waals surface area contributed by atoms with Crippen molar-refractivity contribution in [3.63, 3.8) is 0 Å². The molecule has 0 saturated carbocycles. The molecule has 1 saturated heterocycles. The molecule has 2 heterocycles. The first kappa shape index (κ1) is 17.9. The molecule has 0 aliphatic carbocycles. The van der Waals surface area contributed by atoms with E-state index in [-0.39, 0.29) is 0 Å². The average molecular weight is 367 g/mol. The molecular formula is C23H21N5. The number of para-hydroxylation sites is 2. The Labute approximate surface area is 164 Å². The van der Waals surface area contributed by atoms with Crippen molar-refractivity contribution >= 4 is 16.9 Å². The van der Waals surface area contributed by atoms with E-state index in [1.807, 2.05) is 30.3 Å². The summed E-state index contributed by atoms with van der Waals surface area (Å²) in [4.78, 5) is 11.6. The van der Waals surface area contributed by atoms with E-state index < -0.39 is 5.92 Å². The van der Waals surface area contributed by atoms with Crippen LogP contribution in [0.5, 0.6) is 0 Å². The average Bonchev–Trinajstić information content (AvgIpc) is 2.75. The van der Waals surface area contributed by atoms with Crippen LogP contribution in [0.4, 0.5) is 5.82 Å². The quantitative estimate of drug-likeness (QED) is 0.690. The Hall–Kier alpha value is -3.44. The molecule has 5 nitrogen and oxygen atoms in total. The van der Waals surface area contributed by atoms with Crippen molar-refractivity contribution in [2.24, 2.45) is 5.92 Å². The third-order valence-corrected chi connectivity index (χ3v) is 5.39. The maximum absolute atomic E-state index is 9.42. The topological polar surface area (TPSA) is 76.6 Å². The molecule has 0 amide bonds. The van der Waals surface area contributed by atoms with E-state index in [0.29, 0.717) is 17.4 Å². The Balaban J connectivity index is 1.58. The minimum atomic E-state index is -0.908. The number of aromatic nitrogens is 2. The van der Waals surface area contributed by atoms with Gasteiger partial charge in [-0.05, 0) is 42.9 Å². The van der Waals surface area contributed by atoms with Gasteiger partial charge in [0.2, 0.25) is 0 Å². The van der Waals surface area contributed by atoms with Crippen molar-refractivity contribution in [2.45, 2.75) is 25.2 Å². The summed E-state index contributed by atoms with van der Waals surface area (Å²) in [7, 11) is 0. The second-order valence-corrected chi connectivity index (χ2v) is 7.23. The van der Waals surface area contributed by atoms with Crippen LogP contribution in [0.3, 0.4) is 0 Å². The Morgan fingerprint density at radius 3 is 2.14 bits per heavy atom. The summed E-state index contributed by atoms with van der Waals surface area (Å²) in [5.74, 6) is 0.414. The third-order valence-electron chi connectivity index (χ3n) is 5.39. The highest BCUT2D eigenvalue weighted by atomic mass is 15.2. The highest BCUT2D eigenvalue weighted by molar-refractivity contribution is 5.77. The molecule has 3 aromatic rings. The molecule has 0 N–H and O–H groups in total. The van der Waals surface area contributed by atoms with Crippen LogP contribution in [0.2, 0.25) is 0 Å². The Morgan fingerprint density at radius 1 is 0.893 bits per heavy atom. The summed E-state index contributed by atoms with van der Waals surface area (Å²) in [6.45, 7) is 1.72. The number of anilines is 1. The van der Waals surface area contributed by atoms with E-state index >= 15 is 0 Å². The van der Waals surface area contributed by atoms with Crippen LogP contribution in [0.1, 0.15) is 30.0 Å².